The average Bonchev–Trinajstić information content (AvgIpc) is 3.15. The van der Waals surface area contributed by atoms with Crippen LogP contribution in [0.5, 0.6) is 0 Å². The van der Waals surface area contributed by atoms with Gasteiger partial charge in [-0.1, -0.05) is 30.3 Å². The number of nitrogens with zero attached hydrogens (tertiary/aromatic N) is 1. The van der Waals surface area contributed by atoms with Crippen LogP contribution in [-0.2, 0) is 50.3 Å². The first kappa shape index (κ1) is 22.2. The Morgan fingerprint density at radius 1 is 1.06 bits per heavy atom. The van der Waals surface area contributed by atoms with Crippen LogP contribution in [0.2, 0.25) is 0 Å². The third-order valence-corrected chi connectivity index (χ3v) is 7.00. The van der Waals surface area contributed by atoms with Crippen LogP contribution in [0.25, 0.3) is 0 Å². The first-order chi connectivity index (χ1) is 15.2. The van der Waals surface area contributed by atoms with E-state index in [1.54, 1.807) is 12.1 Å². The van der Waals surface area contributed by atoms with E-state index in [1.165, 1.54) is 12.1 Å². The summed E-state index contributed by atoms with van der Waals surface area (Å²) in [5.41, 5.74) is 3.98. The molecule has 1 fully saturated rings. The van der Waals surface area contributed by atoms with Gasteiger partial charge in [-0.15, -0.1) is 0 Å². The Labute approximate surface area is 186 Å². The molecule has 2 aromatic carbocycles. The van der Waals surface area contributed by atoms with E-state index >= 15 is 0 Å². The van der Waals surface area contributed by atoms with Gasteiger partial charge >= 0.3 is 0 Å². The molecule has 0 aliphatic carbocycles. The van der Waals surface area contributed by atoms with E-state index in [-0.39, 0.29) is 35.1 Å². The summed E-state index contributed by atoms with van der Waals surface area (Å²) in [4.78, 5) is 38.2. The average molecular weight is 456 g/mol. The van der Waals surface area contributed by atoms with Gasteiger partial charge in [0.05, 0.1) is 17.4 Å². The monoisotopic (exact) mass is 455 g/mol. The van der Waals surface area contributed by atoms with Crippen LogP contribution >= 0.6 is 0 Å². The molecule has 1 unspecified atom stereocenters. The smallest absolute Gasteiger partial charge is 0.243 e. The number of amides is 3. The largest absolute Gasteiger partial charge is 0.352 e. The molecule has 32 heavy (non-hydrogen) atoms. The summed E-state index contributed by atoms with van der Waals surface area (Å²) >= 11 is 0. The fourth-order valence-electron chi connectivity index (χ4n) is 4.14. The minimum atomic E-state index is -3.26. The molecule has 0 saturated carbocycles. The lowest BCUT2D eigenvalue weighted by molar-refractivity contribution is -0.137. The molecule has 2 aliphatic rings. The second-order valence-electron chi connectivity index (χ2n) is 8.34. The number of rotatable bonds is 6. The molecule has 168 valence electrons. The summed E-state index contributed by atoms with van der Waals surface area (Å²) in [6.45, 7) is 1.68. The SMILES string of the molecule is CS(=O)(=O)c1ccc(CC(=O)NCc2ccc3c(c2)CN(C2CCC(=O)NC2=O)C3)cc1. The normalized spacial score (nSPS) is 18.8. The zero-order valence-corrected chi connectivity index (χ0v) is 18.6. The van der Waals surface area contributed by atoms with Gasteiger partial charge in [-0.05, 0) is 40.8 Å². The molecule has 8 nitrogen and oxygen atoms in total. The minimum Gasteiger partial charge on any atom is -0.352 e. The third-order valence-electron chi connectivity index (χ3n) is 5.87. The molecule has 2 aliphatic heterocycles. The van der Waals surface area contributed by atoms with Crippen molar-refractivity contribution in [2.45, 2.75) is 49.8 Å². The summed E-state index contributed by atoms with van der Waals surface area (Å²) < 4.78 is 23.1. The molecule has 9 heteroatoms. The van der Waals surface area contributed by atoms with Gasteiger partial charge < -0.3 is 5.32 Å². The van der Waals surface area contributed by atoms with Crippen LogP contribution in [0.1, 0.15) is 35.1 Å². The van der Waals surface area contributed by atoms with Gasteiger partial charge in [0.1, 0.15) is 0 Å². The molecular weight excluding hydrogens is 430 g/mol. The minimum absolute atomic E-state index is 0.150. The van der Waals surface area contributed by atoms with Gasteiger partial charge in [-0.25, -0.2) is 8.42 Å². The maximum absolute atomic E-state index is 12.3. The summed E-state index contributed by atoms with van der Waals surface area (Å²) in [5.74, 6) is -0.596. The molecule has 2 N–H and O–H groups in total. The Kier molecular flexibility index (Phi) is 6.12. The molecular formula is C23H25N3O5S. The van der Waals surface area contributed by atoms with Crippen molar-refractivity contribution >= 4 is 27.6 Å². The van der Waals surface area contributed by atoms with Crippen LogP contribution in [0.4, 0.5) is 0 Å². The summed E-state index contributed by atoms with van der Waals surface area (Å²) in [6.07, 6.45) is 2.21. The van der Waals surface area contributed by atoms with Crippen molar-refractivity contribution < 1.29 is 22.8 Å². The predicted molar refractivity (Wildman–Crippen MR) is 117 cm³/mol. The first-order valence-corrected chi connectivity index (χ1v) is 12.3. The van der Waals surface area contributed by atoms with Gasteiger partial charge in [0.2, 0.25) is 17.7 Å². The molecule has 2 heterocycles. The number of carbonyl (C=O) groups excluding carboxylic acids is 3. The number of hydrogen-bond donors (Lipinski definition) is 2. The zero-order chi connectivity index (χ0) is 22.9. The Morgan fingerprint density at radius 2 is 1.75 bits per heavy atom. The van der Waals surface area contributed by atoms with Gasteiger partial charge in [-0.2, -0.15) is 0 Å². The van der Waals surface area contributed by atoms with Gasteiger partial charge in [0, 0.05) is 32.3 Å². The number of hydrogen-bond acceptors (Lipinski definition) is 6. The lowest BCUT2D eigenvalue weighted by atomic mass is 10.0. The number of imide groups is 1. The molecule has 2 aromatic rings. The van der Waals surface area contributed by atoms with Crippen LogP contribution < -0.4 is 10.6 Å². The number of sulfone groups is 1. The Bertz CT molecular complexity index is 1170. The highest BCUT2D eigenvalue weighted by Crippen LogP contribution is 2.28. The van der Waals surface area contributed by atoms with Crippen molar-refractivity contribution in [1.29, 1.82) is 0 Å². The van der Waals surface area contributed by atoms with E-state index < -0.39 is 9.84 Å². The highest BCUT2D eigenvalue weighted by atomic mass is 32.2. The van der Waals surface area contributed by atoms with Crippen molar-refractivity contribution in [3.63, 3.8) is 0 Å². The van der Waals surface area contributed by atoms with Crippen molar-refractivity contribution in [2.24, 2.45) is 0 Å². The molecule has 1 atom stereocenters. The maximum atomic E-state index is 12.3. The number of carbonyl (C=O) groups is 3. The Balaban J connectivity index is 1.32. The topological polar surface area (TPSA) is 113 Å². The van der Waals surface area contributed by atoms with Crippen LogP contribution in [0.3, 0.4) is 0 Å². The van der Waals surface area contributed by atoms with Crippen molar-refractivity contribution in [1.82, 2.24) is 15.5 Å². The fraction of sp³-hybridized carbons (Fsp3) is 0.348. The van der Waals surface area contributed by atoms with Crippen molar-refractivity contribution in [2.75, 3.05) is 6.26 Å². The standard InChI is InChI=1S/C23H25N3O5S/c1-32(30,31)19-6-3-15(4-7-19)11-22(28)24-12-16-2-5-17-13-26(14-18(17)10-16)20-8-9-21(27)25-23(20)29/h2-7,10,20H,8-9,11-14H2,1H3,(H,24,28)(H,25,27,29). The summed E-state index contributed by atoms with van der Waals surface area (Å²) in [7, 11) is -3.26. The van der Waals surface area contributed by atoms with E-state index in [0.29, 0.717) is 32.5 Å². The number of piperidine rings is 1. The second kappa shape index (κ2) is 8.84. The lowest BCUT2D eigenvalue weighted by Gasteiger charge is -2.29. The van der Waals surface area contributed by atoms with Crippen LogP contribution in [-0.4, -0.2) is 43.3 Å². The predicted octanol–water partition coefficient (Wildman–Crippen LogP) is 1.07. The highest BCUT2D eigenvalue weighted by molar-refractivity contribution is 7.90. The van der Waals surface area contributed by atoms with Gasteiger partial charge in [0.25, 0.3) is 0 Å². The quantitative estimate of drug-likeness (QED) is 0.630. The summed E-state index contributed by atoms with van der Waals surface area (Å²) in [5, 5.41) is 5.31. The number of benzene rings is 2. The Morgan fingerprint density at radius 3 is 2.44 bits per heavy atom. The maximum Gasteiger partial charge on any atom is 0.243 e. The molecule has 0 spiro atoms. The molecule has 1 saturated heterocycles. The fourth-order valence-corrected chi connectivity index (χ4v) is 4.77. The van der Waals surface area contributed by atoms with Crippen molar-refractivity contribution in [3.05, 3.63) is 64.7 Å². The molecule has 3 amide bonds. The molecule has 0 radical (unpaired) electrons. The Hall–Kier alpha value is -3.04. The lowest BCUT2D eigenvalue weighted by Crippen LogP contribution is -2.50. The molecule has 0 bridgehead atoms. The van der Waals surface area contributed by atoms with E-state index in [4.69, 9.17) is 0 Å². The van der Waals surface area contributed by atoms with Gasteiger partial charge in [0.15, 0.2) is 9.84 Å². The number of fused-ring (bicyclic) bond motifs is 1. The second-order valence-corrected chi connectivity index (χ2v) is 10.4. The molecule has 0 aromatic heterocycles. The van der Waals surface area contributed by atoms with E-state index in [9.17, 15) is 22.8 Å². The number of nitrogens with one attached hydrogen (secondary N) is 2. The summed E-state index contributed by atoms with van der Waals surface area (Å²) in [6, 6.07) is 12.0. The highest BCUT2D eigenvalue weighted by Gasteiger charge is 2.34. The first-order valence-electron chi connectivity index (χ1n) is 10.4. The van der Waals surface area contributed by atoms with E-state index in [2.05, 4.69) is 15.5 Å². The van der Waals surface area contributed by atoms with E-state index in [1.807, 2.05) is 18.2 Å². The van der Waals surface area contributed by atoms with Gasteiger partial charge in [-0.3, -0.25) is 24.6 Å². The third kappa shape index (κ3) is 5.05. The van der Waals surface area contributed by atoms with Crippen molar-refractivity contribution in [3.8, 4) is 0 Å². The molecule has 4 rings (SSSR count). The van der Waals surface area contributed by atoms with E-state index in [0.717, 1.165) is 28.5 Å². The van der Waals surface area contributed by atoms with Crippen LogP contribution in [0.15, 0.2) is 47.4 Å². The van der Waals surface area contributed by atoms with Crippen LogP contribution in [0, 0.1) is 0 Å². The zero-order valence-electron chi connectivity index (χ0n) is 17.8.